The van der Waals surface area contributed by atoms with E-state index in [9.17, 15) is 0 Å². The van der Waals surface area contributed by atoms with Crippen LogP contribution in [-0.2, 0) is 6.54 Å². The van der Waals surface area contributed by atoms with Crippen molar-refractivity contribution in [2.45, 2.75) is 32.7 Å². The standard InChI is InChI=1S/C14H19N3O/c1-11(13-6-4-3-5-7-13)8-9-15-10-14-17-16-12(2)18-14/h3-7,11,15H,8-10H2,1-2H3. The third-order valence-electron chi connectivity index (χ3n) is 2.97. The summed E-state index contributed by atoms with van der Waals surface area (Å²) in [7, 11) is 0. The summed E-state index contributed by atoms with van der Waals surface area (Å²) in [5.41, 5.74) is 1.38. The molecule has 0 saturated carbocycles. The van der Waals surface area contributed by atoms with Crippen LogP contribution >= 0.6 is 0 Å². The molecule has 0 saturated heterocycles. The zero-order chi connectivity index (χ0) is 12.8. The molecule has 0 bridgehead atoms. The molecule has 0 spiro atoms. The monoisotopic (exact) mass is 245 g/mol. The molecule has 2 aromatic rings. The molecule has 1 heterocycles. The van der Waals surface area contributed by atoms with E-state index >= 15 is 0 Å². The van der Waals surface area contributed by atoms with E-state index in [0.29, 0.717) is 24.2 Å². The SMILES string of the molecule is Cc1nnc(CNCCC(C)c2ccccc2)o1. The van der Waals surface area contributed by atoms with Gasteiger partial charge in [0.2, 0.25) is 11.8 Å². The molecule has 0 radical (unpaired) electrons. The Hall–Kier alpha value is -1.68. The van der Waals surface area contributed by atoms with Gasteiger partial charge in [-0.25, -0.2) is 0 Å². The van der Waals surface area contributed by atoms with Gasteiger partial charge in [-0.15, -0.1) is 10.2 Å². The summed E-state index contributed by atoms with van der Waals surface area (Å²) in [4.78, 5) is 0. The molecule has 1 atom stereocenters. The predicted molar refractivity (Wildman–Crippen MR) is 70.2 cm³/mol. The Bertz CT molecular complexity index is 467. The summed E-state index contributed by atoms with van der Waals surface area (Å²) in [6.45, 7) is 5.63. The van der Waals surface area contributed by atoms with Crippen LogP contribution < -0.4 is 5.32 Å². The van der Waals surface area contributed by atoms with Crippen LogP contribution in [0.3, 0.4) is 0 Å². The summed E-state index contributed by atoms with van der Waals surface area (Å²) >= 11 is 0. The topological polar surface area (TPSA) is 51.0 Å². The Morgan fingerprint density at radius 3 is 2.67 bits per heavy atom. The van der Waals surface area contributed by atoms with Gasteiger partial charge >= 0.3 is 0 Å². The molecule has 2 rings (SSSR count). The third kappa shape index (κ3) is 3.67. The van der Waals surface area contributed by atoms with Crippen molar-refractivity contribution < 1.29 is 4.42 Å². The second-order valence-electron chi connectivity index (χ2n) is 4.49. The normalized spacial score (nSPS) is 12.6. The lowest BCUT2D eigenvalue weighted by Crippen LogP contribution is -2.16. The van der Waals surface area contributed by atoms with Gasteiger partial charge in [0.25, 0.3) is 0 Å². The first-order valence-electron chi connectivity index (χ1n) is 6.30. The number of aryl methyl sites for hydroxylation is 1. The number of hydrogen-bond donors (Lipinski definition) is 1. The largest absolute Gasteiger partial charge is 0.424 e. The summed E-state index contributed by atoms with van der Waals surface area (Å²) < 4.78 is 5.29. The molecule has 0 fully saturated rings. The molecule has 1 unspecified atom stereocenters. The quantitative estimate of drug-likeness (QED) is 0.795. The van der Waals surface area contributed by atoms with Gasteiger partial charge in [0.15, 0.2) is 0 Å². The Kier molecular flexibility index (Phi) is 4.47. The highest BCUT2D eigenvalue weighted by molar-refractivity contribution is 5.18. The van der Waals surface area contributed by atoms with Crippen LogP contribution in [0.1, 0.15) is 36.6 Å². The van der Waals surface area contributed by atoms with Crippen molar-refractivity contribution in [3.8, 4) is 0 Å². The zero-order valence-electron chi connectivity index (χ0n) is 10.9. The molecule has 18 heavy (non-hydrogen) atoms. The molecule has 4 heteroatoms. The molecule has 0 amide bonds. The highest BCUT2D eigenvalue weighted by Crippen LogP contribution is 2.17. The van der Waals surface area contributed by atoms with Gasteiger partial charge in [0.1, 0.15) is 0 Å². The molecule has 96 valence electrons. The highest BCUT2D eigenvalue weighted by Gasteiger charge is 2.05. The summed E-state index contributed by atoms with van der Waals surface area (Å²) in [5.74, 6) is 1.83. The van der Waals surface area contributed by atoms with E-state index in [1.165, 1.54) is 5.56 Å². The van der Waals surface area contributed by atoms with Crippen molar-refractivity contribution in [2.24, 2.45) is 0 Å². The molecule has 1 aromatic carbocycles. The maximum absolute atomic E-state index is 5.29. The van der Waals surface area contributed by atoms with Crippen molar-refractivity contribution >= 4 is 0 Å². The lowest BCUT2D eigenvalue weighted by molar-refractivity contribution is 0.443. The predicted octanol–water partition coefficient (Wildman–Crippen LogP) is 2.66. The number of nitrogens with one attached hydrogen (secondary N) is 1. The number of benzene rings is 1. The van der Waals surface area contributed by atoms with E-state index in [-0.39, 0.29) is 0 Å². The maximum Gasteiger partial charge on any atom is 0.230 e. The molecule has 0 aliphatic rings. The van der Waals surface area contributed by atoms with Crippen LogP contribution in [0.15, 0.2) is 34.7 Å². The molecular formula is C14H19N3O. The minimum atomic E-state index is 0.558. The van der Waals surface area contributed by atoms with Gasteiger partial charge in [-0.3, -0.25) is 0 Å². The zero-order valence-corrected chi connectivity index (χ0v) is 10.9. The number of rotatable bonds is 6. The third-order valence-corrected chi connectivity index (χ3v) is 2.97. The Morgan fingerprint density at radius 1 is 1.22 bits per heavy atom. The molecule has 4 nitrogen and oxygen atoms in total. The van der Waals surface area contributed by atoms with Gasteiger partial charge in [-0.05, 0) is 24.4 Å². The van der Waals surface area contributed by atoms with Gasteiger partial charge < -0.3 is 9.73 Å². The van der Waals surface area contributed by atoms with Gasteiger partial charge in [-0.2, -0.15) is 0 Å². The van der Waals surface area contributed by atoms with E-state index in [2.05, 4.69) is 46.7 Å². The van der Waals surface area contributed by atoms with Crippen molar-refractivity contribution in [1.29, 1.82) is 0 Å². The second kappa shape index (κ2) is 6.31. The highest BCUT2D eigenvalue weighted by atomic mass is 16.4. The van der Waals surface area contributed by atoms with Crippen LogP contribution in [-0.4, -0.2) is 16.7 Å². The van der Waals surface area contributed by atoms with E-state index in [0.717, 1.165) is 13.0 Å². The first-order chi connectivity index (χ1) is 8.75. The Labute approximate surface area is 107 Å². The molecule has 1 N–H and O–H groups in total. The second-order valence-corrected chi connectivity index (χ2v) is 4.49. The summed E-state index contributed by atoms with van der Waals surface area (Å²) in [6.07, 6.45) is 1.09. The Balaban J connectivity index is 1.69. The van der Waals surface area contributed by atoms with Crippen molar-refractivity contribution in [2.75, 3.05) is 6.54 Å². The smallest absolute Gasteiger partial charge is 0.230 e. The maximum atomic E-state index is 5.29. The number of nitrogens with zero attached hydrogens (tertiary/aromatic N) is 2. The van der Waals surface area contributed by atoms with E-state index in [4.69, 9.17) is 4.42 Å². The van der Waals surface area contributed by atoms with Crippen molar-refractivity contribution in [3.63, 3.8) is 0 Å². The first kappa shape index (κ1) is 12.8. The van der Waals surface area contributed by atoms with Crippen molar-refractivity contribution in [1.82, 2.24) is 15.5 Å². The fourth-order valence-corrected chi connectivity index (χ4v) is 1.87. The Morgan fingerprint density at radius 2 is 2.00 bits per heavy atom. The van der Waals surface area contributed by atoms with E-state index < -0.39 is 0 Å². The van der Waals surface area contributed by atoms with E-state index in [1.54, 1.807) is 6.92 Å². The fourth-order valence-electron chi connectivity index (χ4n) is 1.87. The lowest BCUT2D eigenvalue weighted by atomic mass is 9.98. The minimum absolute atomic E-state index is 0.558. The lowest BCUT2D eigenvalue weighted by Gasteiger charge is -2.11. The number of hydrogen-bond acceptors (Lipinski definition) is 4. The van der Waals surface area contributed by atoms with Gasteiger partial charge in [0, 0.05) is 6.92 Å². The van der Waals surface area contributed by atoms with Crippen LogP contribution in [0, 0.1) is 6.92 Å². The number of aromatic nitrogens is 2. The minimum Gasteiger partial charge on any atom is -0.424 e. The molecule has 0 aliphatic heterocycles. The van der Waals surface area contributed by atoms with Crippen LogP contribution in [0.5, 0.6) is 0 Å². The van der Waals surface area contributed by atoms with Gasteiger partial charge in [-0.1, -0.05) is 37.3 Å². The van der Waals surface area contributed by atoms with E-state index in [1.807, 2.05) is 6.07 Å². The van der Waals surface area contributed by atoms with Gasteiger partial charge in [0.05, 0.1) is 6.54 Å². The van der Waals surface area contributed by atoms with Crippen LogP contribution in [0.2, 0.25) is 0 Å². The molecule has 0 aliphatic carbocycles. The van der Waals surface area contributed by atoms with Crippen LogP contribution in [0.4, 0.5) is 0 Å². The van der Waals surface area contributed by atoms with Crippen LogP contribution in [0.25, 0.3) is 0 Å². The average Bonchev–Trinajstić information content (AvgIpc) is 2.81. The molecule has 1 aromatic heterocycles. The first-order valence-corrected chi connectivity index (χ1v) is 6.30. The summed E-state index contributed by atoms with van der Waals surface area (Å²) in [5, 5.41) is 11.1. The summed E-state index contributed by atoms with van der Waals surface area (Å²) in [6, 6.07) is 10.6. The van der Waals surface area contributed by atoms with Crippen molar-refractivity contribution in [3.05, 3.63) is 47.7 Å². The molecular weight excluding hydrogens is 226 g/mol. The average molecular weight is 245 g/mol. The fraction of sp³-hybridized carbons (Fsp3) is 0.429.